The minimum atomic E-state index is -0.269. The number of hydrogen-bond donors (Lipinski definition) is 2. The molecule has 1 atom stereocenters. The van der Waals surface area contributed by atoms with E-state index < -0.39 is 0 Å². The third-order valence-electron chi connectivity index (χ3n) is 5.53. The van der Waals surface area contributed by atoms with E-state index in [1.165, 1.54) is 29.5 Å². The third kappa shape index (κ3) is 5.42. The van der Waals surface area contributed by atoms with Gasteiger partial charge in [0.1, 0.15) is 0 Å². The first-order chi connectivity index (χ1) is 12.5. The molecule has 1 heterocycles. The van der Waals surface area contributed by atoms with Gasteiger partial charge in [-0.2, -0.15) is 0 Å². The number of nitrogens with zero attached hydrogens (tertiary/aromatic N) is 1. The van der Waals surface area contributed by atoms with E-state index in [4.69, 9.17) is 5.73 Å². The second-order valence-electron chi connectivity index (χ2n) is 7.13. The van der Waals surface area contributed by atoms with Crippen LogP contribution in [0, 0.1) is 6.92 Å². The lowest BCUT2D eigenvalue weighted by Gasteiger charge is -2.42. The van der Waals surface area contributed by atoms with Gasteiger partial charge in [0.05, 0.1) is 5.54 Å². The van der Waals surface area contributed by atoms with Crippen LogP contribution in [0.2, 0.25) is 0 Å². The van der Waals surface area contributed by atoms with Gasteiger partial charge in [0.25, 0.3) is 0 Å². The van der Waals surface area contributed by atoms with Crippen LogP contribution in [-0.4, -0.2) is 43.2 Å². The van der Waals surface area contributed by atoms with Gasteiger partial charge in [-0.05, 0) is 69.4 Å². The molecule has 0 aromatic heterocycles. The van der Waals surface area contributed by atoms with Crippen molar-refractivity contribution in [2.75, 3.05) is 26.7 Å². The molecular formula is C23H41N3. The molecule has 0 amide bonds. The van der Waals surface area contributed by atoms with Crippen molar-refractivity contribution in [1.29, 1.82) is 0 Å². The van der Waals surface area contributed by atoms with E-state index in [-0.39, 0.29) is 5.54 Å². The maximum Gasteiger partial charge on any atom is 0.0541 e. The summed E-state index contributed by atoms with van der Waals surface area (Å²) in [6.07, 6.45) is 4.51. The van der Waals surface area contributed by atoms with Crippen LogP contribution in [0.3, 0.4) is 0 Å². The molecule has 3 nitrogen and oxygen atoms in total. The molecule has 26 heavy (non-hydrogen) atoms. The molecule has 148 valence electrons. The van der Waals surface area contributed by atoms with Gasteiger partial charge in [0.2, 0.25) is 0 Å². The van der Waals surface area contributed by atoms with Crippen LogP contribution in [-0.2, 0) is 6.42 Å². The summed E-state index contributed by atoms with van der Waals surface area (Å²) in [5.74, 6) is 0. The van der Waals surface area contributed by atoms with Gasteiger partial charge in [-0.15, -0.1) is 0 Å². The van der Waals surface area contributed by atoms with Crippen molar-refractivity contribution in [3.63, 3.8) is 0 Å². The number of aryl methyl sites for hydroxylation is 2. The van der Waals surface area contributed by atoms with Crippen molar-refractivity contribution < 1.29 is 0 Å². The molecule has 1 aliphatic heterocycles. The second kappa shape index (κ2) is 10.9. The van der Waals surface area contributed by atoms with Crippen LogP contribution in [0.15, 0.2) is 24.8 Å². The lowest BCUT2D eigenvalue weighted by molar-refractivity contribution is 0.173. The van der Waals surface area contributed by atoms with Gasteiger partial charge in [-0.25, -0.2) is 0 Å². The number of hydrogen-bond acceptors (Lipinski definition) is 3. The highest BCUT2D eigenvalue weighted by atomic mass is 15.2. The van der Waals surface area contributed by atoms with Crippen LogP contribution in [0.1, 0.15) is 63.6 Å². The molecule has 1 fully saturated rings. The molecular weight excluding hydrogens is 318 g/mol. The molecule has 0 saturated carbocycles. The Balaban J connectivity index is 0.000000791. The zero-order chi connectivity index (χ0) is 19.7. The number of benzene rings is 1. The fourth-order valence-electron chi connectivity index (χ4n) is 3.95. The van der Waals surface area contributed by atoms with Crippen molar-refractivity contribution >= 4 is 5.57 Å². The van der Waals surface area contributed by atoms with Gasteiger partial charge in [0.15, 0.2) is 0 Å². The number of nitrogens with one attached hydrogen (secondary N) is 1. The highest BCUT2D eigenvalue weighted by Crippen LogP contribution is 2.37. The highest BCUT2D eigenvalue weighted by Gasteiger charge is 2.36. The van der Waals surface area contributed by atoms with Crippen molar-refractivity contribution in [2.45, 2.75) is 71.9 Å². The average Bonchev–Trinajstić information content (AvgIpc) is 2.69. The van der Waals surface area contributed by atoms with Crippen LogP contribution < -0.4 is 11.1 Å². The van der Waals surface area contributed by atoms with E-state index in [9.17, 15) is 0 Å². The molecule has 0 radical (unpaired) electrons. The predicted octanol–water partition coefficient (Wildman–Crippen LogP) is 4.39. The van der Waals surface area contributed by atoms with Crippen LogP contribution in [0.4, 0.5) is 0 Å². The summed E-state index contributed by atoms with van der Waals surface area (Å²) in [5, 5.41) is 3.39. The lowest BCUT2D eigenvalue weighted by atomic mass is 9.74. The molecule has 2 aliphatic rings. The van der Waals surface area contributed by atoms with Gasteiger partial charge in [-0.3, -0.25) is 0 Å². The van der Waals surface area contributed by atoms with Crippen LogP contribution in [0.5, 0.6) is 0 Å². The molecule has 1 saturated heterocycles. The largest absolute Gasteiger partial charge is 0.320 e. The van der Waals surface area contributed by atoms with Gasteiger partial charge in [-0.1, -0.05) is 58.0 Å². The number of fused-ring (bicyclic) bond motifs is 1. The van der Waals surface area contributed by atoms with Crippen molar-refractivity contribution in [1.82, 2.24) is 10.2 Å². The fourth-order valence-corrected chi connectivity index (χ4v) is 3.95. The molecule has 3 N–H and O–H groups in total. The molecule has 0 bridgehead atoms. The maximum atomic E-state index is 6.80. The average molecular weight is 360 g/mol. The first-order valence-corrected chi connectivity index (χ1v) is 10.5. The monoisotopic (exact) mass is 359 g/mol. The number of likely N-dealkylation sites (tertiary alicyclic amines) is 1. The predicted molar refractivity (Wildman–Crippen MR) is 117 cm³/mol. The van der Waals surface area contributed by atoms with Crippen molar-refractivity contribution in [2.24, 2.45) is 5.73 Å². The van der Waals surface area contributed by atoms with E-state index in [0.29, 0.717) is 6.04 Å². The van der Waals surface area contributed by atoms with Gasteiger partial charge >= 0.3 is 0 Å². The summed E-state index contributed by atoms with van der Waals surface area (Å²) in [5.41, 5.74) is 11.7. The van der Waals surface area contributed by atoms with Crippen molar-refractivity contribution in [3.05, 3.63) is 41.5 Å². The quantitative estimate of drug-likeness (QED) is 0.841. The Morgan fingerprint density at radius 3 is 2.38 bits per heavy atom. The normalized spacial score (nSPS) is 23.3. The third-order valence-corrected chi connectivity index (χ3v) is 5.53. The summed E-state index contributed by atoms with van der Waals surface area (Å²) in [6, 6.07) is 7.34. The lowest BCUT2D eigenvalue weighted by Crippen LogP contribution is -2.55. The second-order valence-corrected chi connectivity index (χ2v) is 7.13. The Hall–Kier alpha value is -1.16. The molecule has 1 aromatic rings. The smallest absolute Gasteiger partial charge is 0.0541 e. The molecule has 1 unspecified atom stereocenters. The number of nitrogens with two attached hydrogens (primary N) is 1. The van der Waals surface area contributed by atoms with E-state index >= 15 is 0 Å². The minimum absolute atomic E-state index is 0.269. The van der Waals surface area contributed by atoms with Crippen LogP contribution >= 0.6 is 0 Å². The summed E-state index contributed by atoms with van der Waals surface area (Å²) >= 11 is 0. The molecule has 3 heteroatoms. The minimum Gasteiger partial charge on any atom is -0.320 e. The summed E-state index contributed by atoms with van der Waals surface area (Å²) < 4.78 is 0. The Morgan fingerprint density at radius 2 is 1.81 bits per heavy atom. The Morgan fingerprint density at radius 1 is 1.19 bits per heavy atom. The SMILES string of the molecule is C=C1c2ccc(C)cc2CCC1(N)CN1CCC(NC)CC1.CC.CC. The maximum absolute atomic E-state index is 6.80. The van der Waals surface area contributed by atoms with Crippen molar-refractivity contribution in [3.8, 4) is 0 Å². The zero-order valence-electron chi connectivity index (χ0n) is 18.0. The van der Waals surface area contributed by atoms with Gasteiger partial charge in [0, 0.05) is 12.6 Å². The Labute approximate surface area is 162 Å². The Kier molecular flexibility index (Phi) is 9.56. The number of piperidine rings is 1. The molecule has 3 rings (SSSR count). The summed E-state index contributed by atoms with van der Waals surface area (Å²) in [4.78, 5) is 2.53. The zero-order valence-corrected chi connectivity index (χ0v) is 18.0. The summed E-state index contributed by atoms with van der Waals surface area (Å²) in [6.45, 7) is 17.7. The molecule has 0 spiro atoms. The highest BCUT2D eigenvalue weighted by molar-refractivity contribution is 5.75. The fraction of sp³-hybridized carbons (Fsp3) is 0.652. The topological polar surface area (TPSA) is 41.3 Å². The van der Waals surface area contributed by atoms with E-state index in [1.807, 2.05) is 27.7 Å². The first kappa shape index (κ1) is 22.9. The van der Waals surface area contributed by atoms with E-state index in [0.717, 1.165) is 38.0 Å². The van der Waals surface area contributed by atoms with E-state index in [2.05, 4.69) is 49.0 Å². The van der Waals surface area contributed by atoms with Crippen LogP contribution in [0.25, 0.3) is 5.57 Å². The Bertz CT molecular complexity index is 559. The van der Waals surface area contributed by atoms with E-state index in [1.54, 1.807) is 0 Å². The van der Waals surface area contributed by atoms with Gasteiger partial charge < -0.3 is 16.0 Å². The standard InChI is InChI=1S/C19H29N3.2C2H6/c1-14-4-5-18-15(2)19(20,9-6-16(18)12-14)13-22-10-7-17(21-3)8-11-22;2*1-2/h4-5,12,17,21H,2,6-11,13,20H2,1,3H3;2*1-2H3. The summed E-state index contributed by atoms with van der Waals surface area (Å²) in [7, 11) is 2.06. The number of rotatable bonds is 3. The molecule has 1 aromatic carbocycles. The first-order valence-electron chi connectivity index (χ1n) is 10.5. The molecule has 1 aliphatic carbocycles.